The van der Waals surface area contributed by atoms with Crippen LogP contribution >= 0.6 is 15.9 Å². The van der Waals surface area contributed by atoms with Crippen LogP contribution in [0.1, 0.15) is 6.42 Å². The van der Waals surface area contributed by atoms with Crippen molar-refractivity contribution in [1.82, 2.24) is 0 Å². The number of anilines is 1. The van der Waals surface area contributed by atoms with E-state index in [9.17, 15) is 4.39 Å². The van der Waals surface area contributed by atoms with Crippen LogP contribution in [0.3, 0.4) is 0 Å². The minimum Gasteiger partial charge on any atom is -0.385 e. The molecule has 0 aliphatic carbocycles. The van der Waals surface area contributed by atoms with Crippen molar-refractivity contribution in [1.29, 1.82) is 0 Å². The molecule has 0 aliphatic rings. The molecule has 1 rings (SSSR count). The molecule has 1 N–H and O–H groups in total. The molecule has 0 unspecified atom stereocenters. The number of nitrogens with one attached hydrogen (secondary N) is 1. The number of rotatable bonds is 8. The Hall–Kier alpha value is -0.650. The monoisotopic (exact) mass is 305 g/mol. The first kappa shape index (κ1) is 14.4. The Bertz CT molecular complexity index is 336. The van der Waals surface area contributed by atoms with Gasteiger partial charge in [0.15, 0.2) is 0 Å². The SMILES string of the molecule is COCCCOCCNc1cc(F)ccc1Br. The molecule has 0 amide bonds. The molecule has 96 valence electrons. The third kappa shape index (κ3) is 6.00. The van der Waals surface area contributed by atoms with Gasteiger partial charge in [-0.2, -0.15) is 0 Å². The highest BCUT2D eigenvalue weighted by Crippen LogP contribution is 2.22. The van der Waals surface area contributed by atoms with Crippen molar-refractivity contribution in [3.8, 4) is 0 Å². The molecule has 0 saturated carbocycles. The number of methoxy groups -OCH3 is 1. The highest BCUT2D eigenvalue weighted by molar-refractivity contribution is 9.10. The topological polar surface area (TPSA) is 30.5 Å². The smallest absolute Gasteiger partial charge is 0.125 e. The number of halogens is 2. The van der Waals surface area contributed by atoms with Crippen LogP contribution in [-0.2, 0) is 9.47 Å². The Morgan fingerprint density at radius 3 is 2.88 bits per heavy atom. The molecule has 0 heterocycles. The third-order valence-electron chi connectivity index (χ3n) is 2.13. The minimum absolute atomic E-state index is 0.253. The van der Waals surface area contributed by atoms with Crippen LogP contribution in [0.4, 0.5) is 10.1 Å². The van der Waals surface area contributed by atoms with Crippen molar-refractivity contribution in [3.63, 3.8) is 0 Å². The van der Waals surface area contributed by atoms with E-state index < -0.39 is 0 Å². The van der Waals surface area contributed by atoms with Gasteiger partial charge in [0, 0.05) is 31.3 Å². The summed E-state index contributed by atoms with van der Waals surface area (Å²) in [6.45, 7) is 2.63. The first-order chi connectivity index (χ1) is 8.24. The summed E-state index contributed by atoms with van der Waals surface area (Å²) in [5, 5.41) is 3.10. The lowest BCUT2D eigenvalue weighted by molar-refractivity contribution is 0.109. The molecular weight excluding hydrogens is 289 g/mol. The maximum Gasteiger partial charge on any atom is 0.125 e. The Labute approximate surface area is 109 Å². The largest absolute Gasteiger partial charge is 0.385 e. The normalized spacial score (nSPS) is 10.5. The van der Waals surface area contributed by atoms with Crippen molar-refractivity contribution in [2.75, 3.05) is 38.8 Å². The summed E-state index contributed by atoms with van der Waals surface area (Å²) >= 11 is 3.35. The van der Waals surface area contributed by atoms with Gasteiger partial charge in [0.2, 0.25) is 0 Å². The summed E-state index contributed by atoms with van der Waals surface area (Å²) in [5.41, 5.74) is 0.741. The molecule has 0 aromatic heterocycles. The van der Waals surface area contributed by atoms with Gasteiger partial charge in [-0.15, -0.1) is 0 Å². The van der Waals surface area contributed by atoms with E-state index in [-0.39, 0.29) is 5.82 Å². The van der Waals surface area contributed by atoms with Crippen molar-refractivity contribution in [2.24, 2.45) is 0 Å². The van der Waals surface area contributed by atoms with Crippen LogP contribution in [0.2, 0.25) is 0 Å². The van der Waals surface area contributed by atoms with Gasteiger partial charge < -0.3 is 14.8 Å². The van der Waals surface area contributed by atoms with E-state index in [2.05, 4.69) is 21.2 Å². The lowest BCUT2D eigenvalue weighted by Gasteiger charge is -2.09. The van der Waals surface area contributed by atoms with Crippen molar-refractivity contribution in [2.45, 2.75) is 6.42 Å². The summed E-state index contributed by atoms with van der Waals surface area (Å²) in [4.78, 5) is 0. The number of hydrogen-bond donors (Lipinski definition) is 1. The second-order valence-electron chi connectivity index (χ2n) is 3.51. The zero-order valence-corrected chi connectivity index (χ0v) is 11.4. The first-order valence-electron chi connectivity index (χ1n) is 5.49. The zero-order chi connectivity index (χ0) is 12.5. The molecule has 0 aliphatic heterocycles. The van der Waals surface area contributed by atoms with E-state index in [4.69, 9.17) is 9.47 Å². The Balaban J connectivity index is 2.15. The molecule has 0 saturated heterocycles. The molecule has 0 atom stereocenters. The molecule has 3 nitrogen and oxygen atoms in total. The summed E-state index contributed by atoms with van der Waals surface area (Å²) in [6.07, 6.45) is 0.889. The molecular formula is C12H17BrFNO2. The Morgan fingerprint density at radius 1 is 1.29 bits per heavy atom. The van der Waals surface area contributed by atoms with Crippen LogP contribution in [-0.4, -0.2) is 33.5 Å². The van der Waals surface area contributed by atoms with Gasteiger partial charge in [-0.3, -0.25) is 0 Å². The van der Waals surface area contributed by atoms with Gasteiger partial charge in [-0.25, -0.2) is 4.39 Å². The number of benzene rings is 1. The highest BCUT2D eigenvalue weighted by atomic mass is 79.9. The Morgan fingerprint density at radius 2 is 2.12 bits per heavy atom. The first-order valence-corrected chi connectivity index (χ1v) is 6.29. The van der Waals surface area contributed by atoms with Crippen molar-refractivity contribution in [3.05, 3.63) is 28.5 Å². The quantitative estimate of drug-likeness (QED) is 0.749. The lowest BCUT2D eigenvalue weighted by atomic mass is 10.3. The Kier molecular flexibility index (Phi) is 7.16. The second kappa shape index (κ2) is 8.44. The van der Waals surface area contributed by atoms with Gasteiger partial charge in [0.1, 0.15) is 5.82 Å². The molecule has 1 aromatic carbocycles. The molecule has 0 radical (unpaired) electrons. The fraction of sp³-hybridized carbons (Fsp3) is 0.500. The molecule has 5 heteroatoms. The van der Waals surface area contributed by atoms with E-state index in [1.807, 2.05) is 0 Å². The van der Waals surface area contributed by atoms with Crippen LogP contribution in [0.15, 0.2) is 22.7 Å². The van der Waals surface area contributed by atoms with E-state index in [0.717, 1.165) is 16.6 Å². The van der Waals surface area contributed by atoms with Crippen LogP contribution in [0.5, 0.6) is 0 Å². The minimum atomic E-state index is -0.253. The second-order valence-corrected chi connectivity index (χ2v) is 4.36. The maximum atomic E-state index is 13.0. The van der Waals surface area contributed by atoms with Gasteiger partial charge in [-0.1, -0.05) is 0 Å². The summed E-state index contributed by atoms with van der Waals surface area (Å²) in [5.74, 6) is -0.253. The predicted octanol–water partition coefficient (Wildman–Crippen LogP) is 3.05. The molecule has 17 heavy (non-hydrogen) atoms. The van der Waals surface area contributed by atoms with E-state index in [1.54, 1.807) is 13.2 Å². The third-order valence-corrected chi connectivity index (χ3v) is 2.82. The van der Waals surface area contributed by atoms with Gasteiger partial charge in [0.25, 0.3) is 0 Å². The van der Waals surface area contributed by atoms with Gasteiger partial charge in [-0.05, 0) is 40.5 Å². The van der Waals surface area contributed by atoms with Crippen LogP contribution < -0.4 is 5.32 Å². The summed E-state index contributed by atoms with van der Waals surface area (Å²) in [6, 6.07) is 4.54. The number of ether oxygens (including phenoxy) is 2. The van der Waals surface area contributed by atoms with E-state index >= 15 is 0 Å². The average Bonchev–Trinajstić information content (AvgIpc) is 2.32. The fourth-order valence-corrected chi connectivity index (χ4v) is 1.69. The van der Waals surface area contributed by atoms with Crippen LogP contribution in [0, 0.1) is 5.82 Å². The van der Waals surface area contributed by atoms with E-state index in [0.29, 0.717) is 26.4 Å². The highest BCUT2D eigenvalue weighted by Gasteiger charge is 2.00. The standard InChI is InChI=1S/C12H17BrFNO2/c1-16-6-2-7-17-8-5-15-12-9-10(14)3-4-11(12)13/h3-4,9,15H,2,5-8H2,1H3. The molecule has 0 spiro atoms. The maximum absolute atomic E-state index is 13.0. The average molecular weight is 306 g/mol. The molecule has 0 fully saturated rings. The summed E-state index contributed by atoms with van der Waals surface area (Å²) in [7, 11) is 1.67. The van der Waals surface area contributed by atoms with Crippen molar-refractivity contribution >= 4 is 21.6 Å². The predicted molar refractivity (Wildman–Crippen MR) is 69.9 cm³/mol. The van der Waals surface area contributed by atoms with E-state index in [1.165, 1.54) is 12.1 Å². The van der Waals surface area contributed by atoms with Crippen LogP contribution in [0.25, 0.3) is 0 Å². The fourth-order valence-electron chi connectivity index (χ4n) is 1.30. The zero-order valence-electron chi connectivity index (χ0n) is 9.84. The van der Waals surface area contributed by atoms with Crippen molar-refractivity contribution < 1.29 is 13.9 Å². The lowest BCUT2D eigenvalue weighted by Crippen LogP contribution is -2.11. The van der Waals surface area contributed by atoms with Gasteiger partial charge in [0.05, 0.1) is 12.3 Å². The number of hydrogen-bond acceptors (Lipinski definition) is 3. The van der Waals surface area contributed by atoms with Gasteiger partial charge >= 0.3 is 0 Å². The molecule has 1 aromatic rings. The summed E-state index contributed by atoms with van der Waals surface area (Å²) < 4.78 is 24.1. The molecule has 0 bridgehead atoms.